The smallest absolute Gasteiger partial charge is 0.0592 e. The highest BCUT2D eigenvalue weighted by Crippen LogP contribution is 2.23. The molecule has 16 heavy (non-hydrogen) atoms. The molecule has 2 rings (SSSR count). The number of hydrogen-bond acceptors (Lipinski definition) is 2. The molecule has 0 amide bonds. The van der Waals surface area contributed by atoms with Gasteiger partial charge in [-0.2, -0.15) is 0 Å². The first-order valence-electron chi connectivity index (χ1n) is 6.13. The average Bonchev–Trinajstić information content (AvgIpc) is 2.27. The maximum atomic E-state index is 9.81. The van der Waals surface area contributed by atoms with Crippen molar-refractivity contribution in [2.24, 2.45) is 5.92 Å². The van der Waals surface area contributed by atoms with E-state index in [4.69, 9.17) is 0 Å². The highest BCUT2D eigenvalue weighted by atomic mass is 16.3. The second kappa shape index (κ2) is 4.98. The molecule has 1 aromatic carbocycles. The molecule has 1 aliphatic rings. The summed E-state index contributed by atoms with van der Waals surface area (Å²) >= 11 is 0. The van der Waals surface area contributed by atoms with Crippen LogP contribution in [-0.2, 0) is 6.54 Å². The molecule has 1 aromatic rings. The van der Waals surface area contributed by atoms with Crippen LogP contribution in [-0.4, -0.2) is 28.7 Å². The van der Waals surface area contributed by atoms with E-state index in [1.165, 1.54) is 5.56 Å². The molecule has 1 fully saturated rings. The molecule has 1 N–H and O–H groups in total. The third kappa shape index (κ3) is 2.63. The summed E-state index contributed by atoms with van der Waals surface area (Å²) in [4.78, 5) is 2.46. The van der Waals surface area contributed by atoms with Crippen LogP contribution in [0.2, 0.25) is 0 Å². The third-order valence-corrected chi connectivity index (χ3v) is 3.61. The minimum absolute atomic E-state index is 0.123. The van der Waals surface area contributed by atoms with Crippen LogP contribution in [0.5, 0.6) is 0 Å². The molecule has 1 heterocycles. The fourth-order valence-electron chi connectivity index (χ4n) is 2.44. The van der Waals surface area contributed by atoms with Gasteiger partial charge in [0.25, 0.3) is 0 Å². The Morgan fingerprint density at radius 1 is 1.25 bits per heavy atom. The van der Waals surface area contributed by atoms with Crippen LogP contribution in [0.1, 0.15) is 25.8 Å². The molecule has 0 aliphatic carbocycles. The predicted octanol–water partition coefficient (Wildman–Crippen LogP) is 2.28. The SMILES string of the molecule is C[C@@H]1CN(Cc2ccccc2)[C@@H](C)C[C@H]1O. The highest BCUT2D eigenvalue weighted by Gasteiger charge is 2.29. The molecule has 1 aliphatic heterocycles. The monoisotopic (exact) mass is 219 g/mol. The maximum absolute atomic E-state index is 9.81. The van der Waals surface area contributed by atoms with E-state index in [-0.39, 0.29) is 6.10 Å². The van der Waals surface area contributed by atoms with Gasteiger partial charge in [-0.15, -0.1) is 0 Å². The van der Waals surface area contributed by atoms with Gasteiger partial charge in [-0.3, -0.25) is 4.90 Å². The van der Waals surface area contributed by atoms with Crippen molar-refractivity contribution in [3.05, 3.63) is 35.9 Å². The zero-order chi connectivity index (χ0) is 11.5. The van der Waals surface area contributed by atoms with Crippen molar-refractivity contribution in [3.63, 3.8) is 0 Å². The van der Waals surface area contributed by atoms with Gasteiger partial charge in [-0.25, -0.2) is 0 Å². The Morgan fingerprint density at radius 3 is 2.62 bits per heavy atom. The number of hydrogen-bond donors (Lipinski definition) is 1. The minimum atomic E-state index is -0.123. The number of likely N-dealkylation sites (tertiary alicyclic amines) is 1. The van der Waals surface area contributed by atoms with Crippen LogP contribution in [0.25, 0.3) is 0 Å². The first-order valence-corrected chi connectivity index (χ1v) is 6.13. The van der Waals surface area contributed by atoms with Crippen molar-refractivity contribution in [1.82, 2.24) is 4.90 Å². The lowest BCUT2D eigenvalue weighted by atomic mass is 9.91. The summed E-state index contributed by atoms with van der Waals surface area (Å²) in [6, 6.07) is 11.0. The molecule has 2 nitrogen and oxygen atoms in total. The van der Waals surface area contributed by atoms with E-state index in [2.05, 4.69) is 49.1 Å². The van der Waals surface area contributed by atoms with E-state index in [0.29, 0.717) is 12.0 Å². The van der Waals surface area contributed by atoms with Crippen molar-refractivity contribution < 1.29 is 5.11 Å². The largest absolute Gasteiger partial charge is 0.393 e. The minimum Gasteiger partial charge on any atom is -0.393 e. The molecule has 3 atom stereocenters. The fraction of sp³-hybridized carbons (Fsp3) is 0.571. The first-order chi connectivity index (χ1) is 7.66. The van der Waals surface area contributed by atoms with E-state index in [9.17, 15) is 5.11 Å². The van der Waals surface area contributed by atoms with Crippen molar-refractivity contribution in [2.75, 3.05) is 6.54 Å². The predicted molar refractivity (Wildman–Crippen MR) is 66.1 cm³/mol. The van der Waals surface area contributed by atoms with Crippen molar-refractivity contribution in [3.8, 4) is 0 Å². The topological polar surface area (TPSA) is 23.5 Å². The Kier molecular flexibility index (Phi) is 3.62. The van der Waals surface area contributed by atoms with E-state index in [0.717, 1.165) is 19.5 Å². The number of piperidine rings is 1. The van der Waals surface area contributed by atoms with Gasteiger partial charge in [-0.05, 0) is 24.8 Å². The number of aliphatic hydroxyl groups excluding tert-OH is 1. The summed E-state index contributed by atoms with van der Waals surface area (Å²) in [5, 5.41) is 9.81. The van der Waals surface area contributed by atoms with E-state index < -0.39 is 0 Å². The second-order valence-corrected chi connectivity index (χ2v) is 5.04. The Balaban J connectivity index is 2.00. The van der Waals surface area contributed by atoms with E-state index in [1.54, 1.807) is 0 Å². The van der Waals surface area contributed by atoms with Crippen molar-refractivity contribution in [2.45, 2.75) is 39.0 Å². The Labute approximate surface area is 97.9 Å². The van der Waals surface area contributed by atoms with Gasteiger partial charge in [-0.1, -0.05) is 37.3 Å². The zero-order valence-corrected chi connectivity index (χ0v) is 10.1. The molecule has 0 bridgehead atoms. The molecular weight excluding hydrogens is 198 g/mol. The molecule has 88 valence electrons. The Morgan fingerprint density at radius 2 is 1.94 bits per heavy atom. The van der Waals surface area contributed by atoms with E-state index in [1.807, 2.05) is 0 Å². The molecule has 0 unspecified atom stereocenters. The summed E-state index contributed by atoms with van der Waals surface area (Å²) in [6.07, 6.45) is 0.774. The van der Waals surface area contributed by atoms with Crippen LogP contribution in [0.3, 0.4) is 0 Å². The molecule has 0 spiro atoms. The van der Waals surface area contributed by atoms with Gasteiger partial charge in [0.15, 0.2) is 0 Å². The maximum Gasteiger partial charge on any atom is 0.0592 e. The molecule has 0 aromatic heterocycles. The number of benzene rings is 1. The van der Waals surface area contributed by atoms with Crippen LogP contribution in [0.15, 0.2) is 30.3 Å². The van der Waals surface area contributed by atoms with E-state index >= 15 is 0 Å². The Hall–Kier alpha value is -0.860. The second-order valence-electron chi connectivity index (χ2n) is 5.04. The lowest BCUT2D eigenvalue weighted by molar-refractivity contribution is 0.00194. The van der Waals surface area contributed by atoms with Crippen LogP contribution < -0.4 is 0 Å². The summed E-state index contributed by atoms with van der Waals surface area (Å²) in [6.45, 7) is 6.34. The van der Waals surface area contributed by atoms with Gasteiger partial charge in [0.2, 0.25) is 0 Å². The van der Waals surface area contributed by atoms with Crippen LogP contribution >= 0.6 is 0 Å². The molecular formula is C14H21NO. The number of aliphatic hydroxyl groups is 1. The van der Waals surface area contributed by atoms with Gasteiger partial charge in [0, 0.05) is 19.1 Å². The Bertz CT molecular complexity index is 325. The molecule has 0 radical (unpaired) electrons. The summed E-state index contributed by atoms with van der Waals surface area (Å²) in [5.41, 5.74) is 1.36. The standard InChI is InChI=1S/C14H21NO/c1-11-9-15(12(2)8-14(11)16)10-13-6-4-3-5-7-13/h3-7,11-12,14,16H,8-10H2,1-2H3/t11-,12+,14-/m1/s1. The van der Waals surface area contributed by atoms with Gasteiger partial charge in [0.05, 0.1) is 6.10 Å². The quantitative estimate of drug-likeness (QED) is 0.825. The lowest BCUT2D eigenvalue weighted by Gasteiger charge is -2.39. The molecule has 0 saturated carbocycles. The van der Waals surface area contributed by atoms with Gasteiger partial charge >= 0.3 is 0 Å². The van der Waals surface area contributed by atoms with Crippen molar-refractivity contribution in [1.29, 1.82) is 0 Å². The fourth-order valence-corrected chi connectivity index (χ4v) is 2.44. The normalized spacial score (nSPS) is 31.6. The van der Waals surface area contributed by atoms with Crippen LogP contribution in [0.4, 0.5) is 0 Å². The lowest BCUT2D eigenvalue weighted by Crippen LogP contribution is -2.46. The highest BCUT2D eigenvalue weighted by molar-refractivity contribution is 5.14. The van der Waals surface area contributed by atoms with Gasteiger partial charge in [0.1, 0.15) is 0 Å². The summed E-state index contributed by atoms with van der Waals surface area (Å²) in [7, 11) is 0. The molecule has 2 heteroatoms. The number of nitrogens with zero attached hydrogens (tertiary/aromatic N) is 1. The van der Waals surface area contributed by atoms with Gasteiger partial charge < -0.3 is 5.11 Å². The average molecular weight is 219 g/mol. The summed E-state index contributed by atoms with van der Waals surface area (Å²) in [5.74, 6) is 0.389. The van der Waals surface area contributed by atoms with Crippen LogP contribution in [0, 0.1) is 5.92 Å². The van der Waals surface area contributed by atoms with Crippen molar-refractivity contribution >= 4 is 0 Å². The zero-order valence-electron chi connectivity index (χ0n) is 10.1. The molecule has 1 saturated heterocycles. The third-order valence-electron chi connectivity index (χ3n) is 3.61. The number of rotatable bonds is 2. The first kappa shape index (κ1) is 11.6. The summed E-state index contributed by atoms with van der Waals surface area (Å²) < 4.78 is 0.